The normalized spacial score (nSPS) is 10.6. The van der Waals surface area contributed by atoms with Crippen LogP contribution in [0.15, 0.2) is 42.7 Å². The molecule has 0 aromatic carbocycles. The Morgan fingerprint density at radius 2 is 2.12 bits per heavy atom. The van der Waals surface area contributed by atoms with Crippen molar-refractivity contribution in [2.45, 2.75) is 0 Å². The van der Waals surface area contributed by atoms with Crippen molar-refractivity contribution >= 4 is 11.0 Å². The standard InChI is InChI=1S/C13H11N3O/c1-17-13-9(10-4-2-6-14-10)8-12-11(16-13)5-3-7-15-12/h2-8,14H,1H3. The van der Waals surface area contributed by atoms with E-state index in [2.05, 4.69) is 15.0 Å². The third kappa shape index (κ3) is 1.63. The molecule has 3 aromatic heterocycles. The second-order valence-corrected chi connectivity index (χ2v) is 3.67. The van der Waals surface area contributed by atoms with Crippen LogP contribution in [0.1, 0.15) is 0 Å². The van der Waals surface area contributed by atoms with Gasteiger partial charge in [0.1, 0.15) is 0 Å². The first kappa shape index (κ1) is 9.84. The molecular formula is C13H11N3O. The minimum absolute atomic E-state index is 0.605. The van der Waals surface area contributed by atoms with Gasteiger partial charge in [-0.2, -0.15) is 0 Å². The smallest absolute Gasteiger partial charge is 0.223 e. The van der Waals surface area contributed by atoms with E-state index in [-0.39, 0.29) is 0 Å². The summed E-state index contributed by atoms with van der Waals surface area (Å²) in [5.74, 6) is 0.605. The molecule has 0 amide bonds. The lowest BCUT2D eigenvalue weighted by Crippen LogP contribution is -1.93. The van der Waals surface area contributed by atoms with Crippen LogP contribution in [0.25, 0.3) is 22.3 Å². The first-order chi connectivity index (χ1) is 8.38. The lowest BCUT2D eigenvalue weighted by molar-refractivity contribution is 0.401. The molecule has 0 atom stereocenters. The van der Waals surface area contributed by atoms with Gasteiger partial charge in [-0.25, -0.2) is 4.98 Å². The zero-order chi connectivity index (χ0) is 11.7. The molecule has 4 nitrogen and oxygen atoms in total. The molecular weight excluding hydrogens is 214 g/mol. The molecule has 17 heavy (non-hydrogen) atoms. The quantitative estimate of drug-likeness (QED) is 0.729. The van der Waals surface area contributed by atoms with Crippen LogP contribution in [0, 0.1) is 0 Å². The van der Waals surface area contributed by atoms with Gasteiger partial charge in [0.25, 0.3) is 0 Å². The van der Waals surface area contributed by atoms with Gasteiger partial charge in [-0.05, 0) is 30.3 Å². The summed E-state index contributed by atoms with van der Waals surface area (Å²) < 4.78 is 5.32. The van der Waals surface area contributed by atoms with E-state index >= 15 is 0 Å². The van der Waals surface area contributed by atoms with Crippen LogP contribution in [0.2, 0.25) is 0 Å². The Morgan fingerprint density at radius 1 is 1.18 bits per heavy atom. The molecule has 0 saturated carbocycles. The van der Waals surface area contributed by atoms with E-state index < -0.39 is 0 Å². The molecule has 84 valence electrons. The molecule has 0 aliphatic rings. The van der Waals surface area contributed by atoms with Crippen molar-refractivity contribution in [2.75, 3.05) is 7.11 Å². The van der Waals surface area contributed by atoms with Crippen LogP contribution in [0.3, 0.4) is 0 Å². The number of nitrogens with one attached hydrogen (secondary N) is 1. The monoisotopic (exact) mass is 225 g/mol. The highest BCUT2D eigenvalue weighted by molar-refractivity contribution is 5.82. The van der Waals surface area contributed by atoms with E-state index in [1.54, 1.807) is 13.3 Å². The van der Waals surface area contributed by atoms with Gasteiger partial charge in [0.2, 0.25) is 5.88 Å². The van der Waals surface area contributed by atoms with E-state index in [4.69, 9.17) is 4.74 Å². The Morgan fingerprint density at radius 3 is 2.88 bits per heavy atom. The summed E-state index contributed by atoms with van der Waals surface area (Å²) in [6, 6.07) is 9.69. The summed E-state index contributed by atoms with van der Waals surface area (Å²) in [5.41, 5.74) is 3.59. The van der Waals surface area contributed by atoms with E-state index in [1.165, 1.54) is 0 Å². The summed E-state index contributed by atoms with van der Waals surface area (Å²) in [4.78, 5) is 11.9. The van der Waals surface area contributed by atoms with Crippen LogP contribution in [0.5, 0.6) is 5.88 Å². The minimum Gasteiger partial charge on any atom is -0.480 e. The Bertz CT molecular complexity index is 647. The molecule has 4 heteroatoms. The van der Waals surface area contributed by atoms with Crippen molar-refractivity contribution in [3.8, 4) is 17.1 Å². The van der Waals surface area contributed by atoms with Crippen molar-refractivity contribution in [3.63, 3.8) is 0 Å². The Labute approximate surface area is 98.3 Å². The van der Waals surface area contributed by atoms with Crippen molar-refractivity contribution < 1.29 is 4.74 Å². The summed E-state index contributed by atoms with van der Waals surface area (Å²) in [5, 5.41) is 0. The number of rotatable bonds is 2. The number of aromatic amines is 1. The number of hydrogen-bond donors (Lipinski definition) is 1. The maximum atomic E-state index is 5.32. The number of pyridine rings is 2. The Balaban J connectivity index is 2.29. The van der Waals surface area contributed by atoms with Crippen LogP contribution in [-0.4, -0.2) is 22.1 Å². The largest absolute Gasteiger partial charge is 0.480 e. The van der Waals surface area contributed by atoms with E-state index in [1.807, 2.05) is 36.5 Å². The van der Waals surface area contributed by atoms with Crippen LogP contribution in [-0.2, 0) is 0 Å². The van der Waals surface area contributed by atoms with Crippen LogP contribution in [0.4, 0.5) is 0 Å². The molecule has 0 radical (unpaired) electrons. The maximum Gasteiger partial charge on any atom is 0.223 e. The number of ether oxygens (including phenoxy) is 1. The molecule has 0 aliphatic heterocycles. The van der Waals surface area contributed by atoms with Crippen molar-refractivity contribution in [1.29, 1.82) is 0 Å². The van der Waals surface area contributed by atoms with Gasteiger partial charge < -0.3 is 9.72 Å². The fraction of sp³-hybridized carbons (Fsp3) is 0.0769. The molecule has 0 fully saturated rings. The molecule has 3 rings (SSSR count). The molecule has 0 unspecified atom stereocenters. The summed E-state index contributed by atoms with van der Waals surface area (Å²) >= 11 is 0. The van der Waals surface area contributed by atoms with Gasteiger partial charge in [-0.1, -0.05) is 0 Å². The average molecular weight is 225 g/mol. The number of aromatic nitrogens is 3. The second-order valence-electron chi connectivity index (χ2n) is 3.67. The van der Waals surface area contributed by atoms with Gasteiger partial charge in [0, 0.05) is 12.4 Å². The van der Waals surface area contributed by atoms with E-state index in [0.717, 1.165) is 22.3 Å². The highest BCUT2D eigenvalue weighted by atomic mass is 16.5. The fourth-order valence-electron chi connectivity index (χ4n) is 1.83. The highest BCUT2D eigenvalue weighted by Crippen LogP contribution is 2.29. The summed E-state index contributed by atoms with van der Waals surface area (Å²) in [6.07, 6.45) is 3.63. The number of H-pyrrole nitrogens is 1. The predicted molar refractivity (Wildman–Crippen MR) is 65.9 cm³/mol. The predicted octanol–water partition coefficient (Wildman–Crippen LogP) is 2.63. The van der Waals surface area contributed by atoms with Gasteiger partial charge in [-0.3, -0.25) is 4.98 Å². The van der Waals surface area contributed by atoms with E-state index in [9.17, 15) is 0 Å². The first-order valence-corrected chi connectivity index (χ1v) is 5.32. The molecule has 1 N–H and O–H groups in total. The molecule has 0 saturated heterocycles. The lowest BCUT2D eigenvalue weighted by atomic mass is 10.1. The summed E-state index contributed by atoms with van der Waals surface area (Å²) in [6.45, 7) is 0. The van der Waals surface area contributed by atoms with Crippen LogP contribution >= 0.6 is 0 Å². The topological polar surface area (TPSA) is 50.8 Å². The number of fused-ring (bicyclic) bond motifs is 1. The van der Waals surface area contributed by atoms with Crippen molar-refractivity contribution in [1.82, 2.24) is 15.0 Å². The van der Waals surface area contributed by atoms with E-state index in [0.29, 0.717) is 5.88 Å². The molecule has 3 heterocycles. The molecule has 0 bridgehead atoms. The Hall–Kier alpha value is -2.36. The van der Waals surface area contributed by atoms with Crippen molar-refractivity contribution in [3.05, 3.63) is 42.7 Å². The van der Waals surface area contributed by atoms with Crippen LogP contribution < -0.4 is 4.74 Å². The van der Waals surface area contributed by atoms with Gasteiger partial charge in [0.15, 0.2) is 0 Å². The zero-order valence-electron chi connectivity index (χ0n) is 9.34. The first-order valence-electron chi connectivity index (χ1n) is 5.32. The number of hydrogen-bond acceptors (Lipinski definition) is 3. The van der Waals surface area contributed by atoms with Gasteiger partial charge in [-0.15, -0.1) is 0 Å². The number of methoxy groups -OCH3 is 1. The number of nitrogens with zero attached hydrogens (tertiary/aromatic N) is 2. The minimum atomic E-state index is 0.605. The SMILES string of the molecule is COc1nc2cccnc2cc1-c1ccc[nH]1. The third-order valence-corrected chi connectivity index (χ3v) is 2.63. The zero-order valence-corrected chi connectivity index (χ0v) is 9.34. The van der Waals surface area contributed by atoms with Crippen molar-refractivity contribution in [2.24, 2.45) is 0 Å². The fourth-order valence-corrected chi connectivity index (χ4v) is 1.83. The maximum absolute atomic E-state index is 5.32. The Kier molecular flexibility index (Phi) is 2.26. The molecule has 3 aromatic rings. The molecule has 0 aliphatic carbocycles. The third-order valence-electron chi connectivity index (χ3n) is 2.63. The van der Waals surface area contributed by atoms with Gasteiger partial charge >= 0.3 is 0 Å². The highest BCUT2D eigenvalue weighted by Gasteiger charge is 2.10. The van der Waals surface area contributed by atoms with Gasteiger partial charge in [0.05, 0.1) is 29.4 Å². The summed E-state index contributed by atoms with van der Waals surface area (Å²) in [7, 11) is 1.62. The molecule has 0 spiro atoms. The average Bonchev–Trinajstić information content (AvgIpc) is 2.91. The lowest BCUT2D eigenvalue weighted by Gasteiger charge is -2.07. The second kappa shape index (κ2) is 3.90.